The van der Waals surface area contributed by atoms with E-state index in [2.05, 4.69) is 10.2 Å². The van der Waals surface area contributed by atoms with Gasteiger partial charge in [-0.2, -0.15) is 0 Å². The molecule has 4 heteroatoms. The molecule has 1 N–H and O–H groups in total. The molecule has 2 nitrogen and oxygen atoms in total. The molecule has 0 aliphatic carbocycles. The first-order valence-corrected chi connectivity index (χ1v) is 8.05. The van der Waals surface area contributed by atoms with Crippen LogP contribution in [0.25, 0.3) is 0 Å². The summed E-state index contributed by atoms with van der Waals surface area (Å²) < 4.78 is 25.1. The van der Waals surface area contributed by atoms with Crippen LogP contribution in [0.15, 0.2) is 24.3 Å². The van der Waals surface area contributed by atoms with Gasteiger partial charge in [0.2, 0.25) is 0 Å². The smallest absolute Gasteiger partial charge is 0.263 e. The number of rotatable bonds is 4. The maximum atomic E-state index is 12.5. The van der Waals surface area contributed by atoms with E-state index in [-0.39, 0.29) is 5.56 Å². The van der Waals surface area contributed by atoms with Gasteiger partial charge >= 0.3 is 0 Å². The number of piperidine rings is 1. The van der Waals surface area contributed by atoms with E-state index in [0.717, 1.165) is 37.2 Å². The summed E-state index contributed by atoms with van der Waals surface area (Å²) >= 11 is 0. The summed E-state index contributed by atoms with van der Waals surface area (Å²) in [5, 5.41) is 3.62. The third kappa shape index (κ3) is 3.80. The Kier molecular flexibility index (Phi) is 4.86. The Hall–Kier alpha value is -1.00. The lowest BCUT2D eigenvalue weighted by atomic mass is 9.88. The lowest BCUT2D eigenvalue weighted by molar-refractivity contribution is 0.151. The van der Waals surface area contributed by atoms with Crippen molar-refractivity contribution in [2.45, 2.75) is 44.7 Å². The van der Waals surface area contributed by atoms with Crippen molar-refractivity contribution in [2.75, 3.05) is 19.6 Å². The third-order valence-corrected chi connectivity index (χ3v) is 4.94. The molecule has 0 radical (unpaired) electrons. The van der Waals surface area contributed by atoms with Crippen LogP contribution in [0, 0.1) is 5.92 Å². The second-order valence-corrected chi connectivity index (χ2v) is 6.36. The molecule has 116 valence electrons. The van der Waals surface area contributed by atoms with Crippen molar-refractivity contribution in [3.63, 3.8) is 0 Å². The number of benzene rings is 1. The summed E-state index contributed by atoms with van der Waals surface area (Å²) in [5.74, 6) is 0.824. The maximum absolute atomic E-state index is 12.5. The van der Waals surface area contributed by atoms with Crippen molar-refractivity contribution < 1.29 is 8.78 Å². The number of halogens is 2. The van der Waals surface area contributed by atoms with Crippen LogP contribution in [0.5, 0.6) is 0 Å². The minimum Gasteiger partial charge on any atom is -0.314 e. The first-order valence-electron chi connectivity index (χ1n) is 8.05. The Morgan fingerprint density at radius 3 is 2.38 bits per heavy atom. The molecule has 2 saturated heterocycles. The Morgan fingerprint density at radius 2 is 1.81 bits per heavy atom. The van der Waals surface area contributed by atoms with E-state index in [9.17, 15) is 8.78 Å². The molecule has 0 bridgehead atoms. The molecule has 1 aromatic carbocycles. The zero-order valence-electron chi connectivity index (χ0n) is 12.4. The Bertz CT molecular complexity index is 433. The zero-order valence-corrected chi connectivity index (χ0v) is 12.4. The molecule has 1 atom stereocenters. The van der Waals surface area contributed by atoms with Crippen molar-refractivity contribution in [1.29, 1.82) is 0 Å². The van der Waals surface area contributed by atoms with E-state index >= 15 is 0 Å². The predicted molar refractivity (Wildman–Crippen MR) is 80.4 cm³/mol. The van der Waals surface area contributed by atoms with Crippen LogP contribution >= 0.6 is 0 Å². The highest BCUT2D eigenvalue weighted by Crippen LogP contribution is 2.26. The van der Waals surface area contributed by atoms with Gasteiger partial charge in [0, 0.05) is 18.2 Å². The second-order valence-electron chi connectivity index (χ2n) is 6.36. The zero-order chi connectivity index (χ0) is 14.7. The van der Waals surface area contributed by atoms with Gasteiger partial charge in [0.1, 0.15) is 0 Å². The van der Waals surface area contributed by atoms with Gasteiger partial charge < -0.3 is 5.32 Å². The third-order valence-electron chi connectivity index (χ3n) is 4.94. The lowest BCUT2D eigenvalue weighted by Gasteiger charge is -2.35. The average Bonchev–Trinajstić information content (AvgIpc) is 3.03. The van der Waals surface area contributed by atoms with Crippen LogP contribution in [0.3, 0.4) is 0 Å². The molecular weight excluding hydrogens is 270 g/mol. The normalized spacial score (nSPS) is 24.8. The molecule has 0 spiro atoms. The molecule has 3 rings (SSSR count). The van der Waals surface area contributed by atoms with Gasteiger partial charge in [0.05, 0.1) is 0 Å². The molecule has 2 aliphatic rings. The van der Waals surface area contributed by atoms with Crippen molar-refractivity contribution in [1.82, 2.24) is 10.2 Å². The quantitative estimate of drug-likeness (QED) is 0.913. The summed E-state index contributed by atoms with van der Waals surface area (Å²) in [7, 11) is 0. The Balaban J connectivity index is 1.48. The lowest BCUT2D eigenvalue weighted by Crippen LogP contribution is -2.40. The van der Waals surface area contributed by atoms with Crippen molar-refractivity contribution in [2.24, 2.45) is 5.92 Å². The van der Waals surface area contributed by atoms with Crippen molar-refractivity contribution in [3.05, 3.63) is 35.4 Å². The summed E-state index contributed by atoms with van der Waals surface area (Å²) in [5.41, 5.74) is 1.25. The van der Waals surface area contributed by atoms with Crippen LogP contribution < -0.4 is 5.32 Å². The number of nitrogens with one attached hydrogen (secondary N) is 1. The van der Waals surface area contributed by atoms with Gasteiger partial charge in [-0.05, 0) is 56.8 Å². The molecule has 21 heavy (non-hydrogen) atoms. The Labute approximate surface area is 125 Å². The summed E-state index contributed by atoms with van der Waals surface area (Å²) in [6, 6.07) is 7.51. The van der Waals surface area contributed by atoms with Crippen molar-refractivity contribution in [3.8, 4) is 0 Å². The van der Waals surface area contributed by atoms with Crippen LogP contribution in [-0.4, -0.2) is 30.6 Å². The van der Waals surface area contributed by atoms with E-state index in [4.69, 9.17) is 0 Å². The highest BCUT2D eigenvalue weighted by atomic mass is 19.3. The average molecular weight is 294 g/mol. The minimum atomic E-state index is -2.37. The summed E-state index contributed by atoms with van der Waals surface area (Å²) in [4.78, 5) is 2.45. The number of nitrogens with zero attached hydrogens (tertiary/aromatic N) is 1. The Morgan fingerprint density at radius 1 is 1.10 bits per heavy atom. The van der Waals surface area contributed by atoms with Crippen LogP contribution in [0.1, 0.15) is 43.2 Å². The van der Waals surface area contributed by atoms with Crippen LogP contribution in [-0.2, 0) is 6.54 Å². The fourth-order valence-corrected chi connectivity index (χ4v) is 3.65. The van der Waals surface area contributed by atoms with E-state index in [0.29, 0.717) is 0 Å². The highest BCUT2D eigenvalue weighted by Gasteiger charge is 2.28. The number of hydrogen-bond donors (Lipinski definition) is 1. The minimum absolute atomic E-state index is 0.116. The maximum Gasteiger partial charge on any atom is 0.263 e. The van der Waals surface area contributed by atoms with Gasteiger partial charge in [0.15, 0.2) is 0 Å². The van der Waals surface area contributed by atoms with Crippen LogP contribution in [0.4, 0.5) is 8.78 Å². The van der Waals surface area contributed by atoms with Gasteiger partial charge in [-0.3, -0.25) is 4.90 Å². The number of alkyl halides is 2. The molecule has 1 unspecified atom stereocenters. The molecule has 0 saturated carbocycles. The molecule has 2 heterocycles. The summed E-state index contributed by atoms with van der Waals surface area (Å²) in [6.45, 7) is 4.31. The van der Waals surface area contributed by atoms with Gasteiger partial charge in [0.25, 0.3) is 6.43 Å². The van der Waals surface area contributed by atoms with Gasteiger partial charge in [-0.25, -0.2) is 8.78 Å². The summed E-state index contributed by atoms with van der Waals surface area (Å²) in [6.07, 6.45) is 2.80. The first kappa shape index (κ1) is 14.9. The second kappa shape index (κ2) is 6.84. The molecule has 2 aliphatic heterocycles. The molecule has 2 fully saturated rings. The standard InChI is InChI=1S/C17H24F2N2/c18-17(19)15-5-3-13(4-6-15)12-21-10-7-14(8-11-21)16-2-1-9-20-16/h3-6,14,16-17,20H,1-2,7-12H2. The SMILES string of the molecule is FC(F)c1ccc(CN2CCC(C3CCCN3)CC2)cc1. The molecule has 0 amide bonds. The van der Waals surface area contributed by atoms with E-state index in [1.54, 1.807) is 12.1 Å². The largest absolute Gasteiger partial charge is 0.314 e. The predicted octanol–water partition coefficient (Wildman–Crippen LogP) is 3.59. The van der Waals surface area contributed by atoms with Crippen LogP contribution in [0.2, 0.25) is 0 Å². The molecule has 0 aromatic heterocycles. The fourth-order valence-electron chi connectivity index (χ4n) is 3.65. The van der Waals surface area contributed by atoms with E-state index < -0.39 is 6.43 Å². The van der Waals surface area contributed by atoms with Gasteiger partial charge in [-0.15, -0.1) is 0 Å². The van der Waals surface area contributed by atoms with Gasteiger partial charge in [-0.1, -0.05) is 24.3 Å². The van der Waals surface area contributed by atoms with Crippen molar-refractivity contribution >= 4 is 0 Å². The highest BCUT2D eigenvalue weighted by molar-refractivity contribution is 5.23. The number of hydrogen-bond acceptors (Lipinski definition) is 2. The first-order chi connectivity index (χ1) is 10.2. The monoisotopic (exact) mass is 294 g/mol. The van der Waals surface area contributed by atoms with E-state index in [1.165, 1.54) is 32.2 Å². The fraction of sp³-hybridized carbons (Fsp3) is 0.647. The topological polar surface area (TPSA) is 15.3 Å². The molecule has 1 aromatic rings. The number of likely N-dealkylation sites (tertiary alicyclic amines) is 1. The van der Waals surface area contributed by atoms with E-state index in [1.807, 2.05) is 12.1 Å². The molecular formula is C17H24F2N2.